The van der Waals surface area contributed by atoms with Gasteiger partial charge < -0.3 is 15.0 Å². The molecule has 0 radical (unpaired) electrons. The van der Waals surface area contributed by atoms with E-state index in [1.54, 1.807) is 39.2 Å². The number of thioether (sulfide) groups is 1. The van der Waals surface area contributed by atoms with Gasteiger partial charge in [-0.3, -0.25) is 4.98 Å². The number of carbonyl (C=O) groups is 1. The van der Waals surface area contributed by atoms with Crippen molar-refractivity contribution in [3.63, 3.8) is 0 Å². The van der Waals surface area contributed by atoms with Gasteiger partial charge in [-0.05, 0) is 45.0 Å². The fourth-order valence-corrected chi connectivity index (χ4v) is 3.01. The lowest BCUT2D eigenvalue weighted by atomic mass is 10.0. The second kappa shape index (κ2) is 7.71. The van der Waals surface area contributed by atoms with Crippen LogP contribution in [0.15, 0.2) is 23.4 Å². The van der Waals surface area contributed by atoms with Crippen LogP contribution in [0, 0.1) is 10.7 Å². The van der Waals surface area contributed by atoms with Gasteiger partial charge in [-0.25, -0.2) is 9.18 Å². The summed E-state index contributed by atoms with van der Waals surface area (Å²) in [6.45, 7) is 6.10. The number of amides is 1. The number of carbonyl (C=O) groups excluding carboxylic acids is 1. The van der Waals surface area contributed by atoms with Crippen LogP contribution in [-0.2, 0) is 4.74 Å². The molecular formula is C16H21FN4O2S. The molecule has 1 aliphatic rings. The molecule has 0 aromatic carbocycles. The lowest BCUT2D eigenvalue weighted by molar-refractivity contribution is 0.0466. The van der Waals surface area contributed by atoms with Crippen molar-refractivity contribution in [2.75, 3.05) is 18.0 Å². The number of halogens is 1. The summed E-state index contributed by atoms with van der Waals surface area (Å²) in [5.74, 6) is 0. The molecule has 6 nitrogen and oxygen atoms in total. The zero-order valence-electron chi connectivity index (χ0n) is 14.0. The van der Waals surface area contributed by atoms with Crippen LogP contribution in [0.1, 0.15) is 27.2 Å². The largest absolute Gasteiger partial charge is 0.444 e. The molecule has 8 heteroatoms. The summed E-state index contributed by atoms with van der Waals surface area (Å²) in [5, 5.41) is 13.5. The Morgan fingerprint density at radius 1 is 1.58 bits per heavy atom. The summed E-state index contributed by atoms with van der Waals surface area (Å²) in [7, 11) is 0. The maximum atomic E-state index is 14.2. The molecule has 1 aromatic rings. The molecule has 0 saturated carbocycles. The number of nitriles is 1. The molecule has 1 fully saturated rings. The highest BCUT2D eigenvalue weighted by Crippen LogP contribution is 2.31. The second-order valence-corrected chi connectivity index (χ2v) is 7.37. The number of aromatic nitrogens is 1. The molecule has 0 bridgehead atoms. The van der Waals surface area contributed by atoms with Gasteiger partial charge in [-0.15, -0.1) is 0 Å². The summed E-state index contributed by atoms with van der Waals surface area (Å²) in [5.41, 5.74) is 0.186. The third-order valence-electron chi connectivity index (χ3n) is 3.49. The minimum Gasteiger partial charge on any atom is -0.444 e. The van der Waals surface area contributed by atoms with Crippen LogP contribution >= 0.6 is 11.8 Å². The van der Waals surface area contributed by atoms with E-state index in [1.165, 1.54) is 0 Å². The van der Waals surface area contributed by atoms with E-state index in [0.29, 0.717) is 24.4 Å². The quantitative estimate of drug-likeness (QED) is 0.665. The first kappa shape index (κ1) is 18.3. The Kier molecular flexibility index (Phi) is 5.89. The smallest absolute Gasteiger partial charge is 0.408 e. The highest BCUT2D eigenvalue weighted by atomic mass is 32.2. The Morgan fingerprint density at radius 2 is 2.33 bits per heavy atom. The number of nitrogens with one attached hydrogen (secondary N) is 1. The third kappa shape index (κ3) is 4.99. The molecule has 1 amide bonds. The Balaban J connectivity index is 2.08. The predicted octanol–water partition coefficient (Wildman–Crippen LogP) is 3.10. The van der Waals surface area contributed by atoms with Crippen LogP contribution in [-0.4, -0.2) is 42.0 Å². The number of thiocyanates is 1. The zero-order chi connectivity index (χ0) is 17.7. The summed E-state index contributed by atoms with van der Waals surface area (Å²) in [6.07, 6.45) is 1.77. The Morgan fingerprint density at radius 3 is 3.00 bits per heavy atom. The molecule has 2 atom stereocenters. The number of hydrogen-bond donors (Lipinski definition) is 1. The maximum absolute atomic E-state index is 14.2. The molecule has 1 aromatic heterocycles. The number of nitrogens with zero attached hydrogens (tertiary/aromatic N) is 3. The first-order valence-corrected chi connectivity index (χ1v) is 8.50. The first-order chi connectivity index (χ1) is 11.3. The van der Waals surface area contributed by atoms with Crippen molar-refractivity contribution in [2.45, 2.75) is 49.9 Å². The van der Waals surface area contributed by atoms with Crippen LogP contribution in [0.4, 0.5) is 14.9 Å². The fourth-order valence-electron chi connectivity index (χ4n) is 2.50. The van der Waals surface area contributed by atoms with Crippen LogP contribution < -0.4 is 10.2 Å². The van der Waals surface area contributed by atoms with Crippen molar-refractivity contribution in [3.8, 4) is 5.40 Å². The SMILES string of the molecule is CC(C)(C)OC(=O)N[C@@H]1CN(c2ccncc2SC#N)CC[C@H]1F. The minimum atomic E-state index is -1.14. The van der Waals surface area contributed by atoms with Crippen molar-refractivity contribution < 1.29 is 13.9 Å². The number of rotatable bonds is 3. The zero-order valence-corrected chi connectivity index (χ0v) is 14.8. The minimum absolute atomic E-state index is 0.291. The molecule has 0 spiro atoms. The molecular weight excluding hydrogens is 331 g/mol. The van der Waals surface area contributed by atoms with Gasteiger partial charge in [0, 0.05) is 25.5 Å². The molecule has 1 N–H and O–H groups in total. The molecule has 24 heavy (non-hydrogen) atoms. The van der Waals surface area contributed by atoms with Crippen LogP contribution in [0.25, 0.3) is 0 Å². The summed E-state index contributed by atoms with van der Waals surface area (Å²) >= 11 is 1.01. The predicted molar refractivity (Wildman–Crippen MR) is 90.6 cm³/mol. The fraction of sp³-hybridized carbons (Fsp3) is 0.562. The van der Waals surface area contributed by atoms with E-state index < -0.39 is 23.9 Å². The monoisotopic (exact) mass is 352 g/mol. The number of hydrogen-bond acceptors (Lipinski definition) is 6. The Labute approximate surface area is 145 Å². The van der Waals surface area contributed by atoms with E-state index >= 15 is 0 Å². The molecule has 2 rings (SSSR count). The summed E-state index contributed by atoms with van der Waals surface area (Å²) in [4.78, 5) is 18.6. The second-order valence-electron chi connectivity index (χ2n) is 6.54. The molecule has 0 unspecified atom stereocenters. The summed E-state index contributed by atoms with van der Waals surface area (Å²) in [6, 6.07) is 1.13. The maximum Gasteiger partial charge on any atom is 0.408 e. The average molecular weight is 352 g/mol. The van der Waals surface area contributed by atoms with Crippen LogP contribution in [0.3, 0.4) is 0 Å². The number of alkyl carbamates (subject to hydrolysis) is 1. The van der Waals surface area contributed by atoms with Gasteiger partial charge in [0.1, 0.15) is 17.2 Å². The van der Waals surface area contributed by atoms with Gasteiger partial charge in [-0.1, -0.05) is 0 Å². The van der Waals surface area contributed by atoms with Crippen molar-refractivity contribution in [1.29, 1.82) is 5.26 Å². The Bertz CT molecular complexity index is 629. The van der Waals surface area contributed by atoms with E-state index in [9.17, 15) is 9.18 Å². The van der Waals surface area contributed by atoms with Gasteiger partial charge in [0.2, 0.25) is 0 Å². The number of ether oxygens (including phenoxy) is 1. The van der Waals surface area contributed by atoms with Gasteiger partial charge in [0.15, 0.2) is 0 Å². The number of alkyl halides is 1. The third-order valence-corrected chi connectivity index (χ3v) is 4.12. The number of pyridine rings is 1. The lowest BCUT2D eigenvalue weighted by Crippen LogP contribution is -2.54. The van der Waals surface area contributed by atoms with Crippen LogP contribution in [0.2, 0.25) is 0 Å². The van der Waals surface area contributed by atoms with E-state index in [-0.39, 0.29) is 0 Å². The normalized spacial score (nSPS) is 21.0. The molecule has 1 saturated heterocycles. The highest BCUT2D eigenvalue weighted by Gasteiger charge is 2.32. The van der Waals surface area contributed by atoms with Gasteiger partial charge in [0.05, 0.1) is 16.6 Å². The highest BCUT2D eigenvalue weighted by molar-refractivity contribution is 8.03. The van der Waals surface area contributed by atoms with Crippen molar-refractivity contribution in [1.82, 2.24) is 10.3 Å². The van der Waals surface area contributed by atoms with Crippen LogP contribution in [0.5, 0.6) is 0 Å². The summed E-state index contributed by atoms with van der Waals surface area (Å²) < 4.78 is 19.4. The lowest BCUT2D eigenvalue weighted by Gasteiger charge is -2.37. The van der Waals surface area contributed by atoms with E-state index in [1.807, 2.05) is 10.3 Å². The molecule has 1 aliphatic heterocycles. The van der Waals surface area contributed by atoms with Crippen molar-refractivity contribution >= 4 is 23.5 Å². The standard InChI is InChI=1S/C16H21FN4O2S/c1-16(2,3)23-15(22)20-12-9-21(7-5-11(12)17)13-4-6-19-8-14(13)24-10-18/h4,6,8,11-12H,5,7,9H2,1-3H3,(H,20,22)/t11-,12-/m1/s1. The molecule has 2 heterocycles. The number of anilines is 1. The van der Waals surface area contributed by atoms with E-state index in [2.05, 4.69) is 10.3 Å². The molecule has 0 aliphatic carbocycles. The Hall–Kier alpha value is -2.01. The van der Waals surface area contributed by atoms with Gasteiger partial charge in [0.25, 0.3) is 0 Å². The van der Waals surface area contributed by atoms with Gasteiger partial charge >= 0.3 is 6.09 Å². The van der Waals surface area contributed by atoms with E-state index in [0.717, 1.165) is 17.4 Å². The van der Waals surface area contributed by atoms with Crippen molar-refractivity contribution in [2.24, 2.45) is 0 Å². The topological polar surface area (TPSA) is 78.2 Å². The first-order valence-electron chi connectivity index (χ1n) is 7.68. The molecule has 130 valence electrons. The van der Waals surface area contributed by atoms with Crippen molar-refractivity contribution in [3.05, 3.63) is 18.5 Å². The number of piperidine rings is 1. The average Bonchev–Trinajstić information content (AvgIpc) is 2.49. The van der Waals surface area contributed by atoms with E-state index in [4.69, 9.17) is 10.00 Å². The van der Waals surface area contributed by atoms with Gasteiger partial charge in [-0.2, -0.15) is 5.26 Å².